The number of nitrogens with one attached hydrogen (secondary N) is 1. The monoisotopic (exact) mass is 322 g/mol. The van der Waals surface area contributed by atoms with Crippen LogP contribution in [0.3, 0.4) is 0 Å². The van der Waals surface area contributed by atoms with Crippen LogP contribution in [0.25, 0.3) is 0 Å². The van der Waals surface area contributed by atoms with Crippen molar-refractivity contribution in [1.29, 1.82) is 0 Å². The first-order valence-corrected chi connectivity index (χ1v) is 7.30. The molecule has 2 atom stereocenters. The molecule has 3 N–H and O–H groups in total. The highest BCUT2D eigenvalue weighted by Crippen LogP contribution is 2.28. The standard InChI is InChI=1S/C16H16Cl2N2O/c1-10(13-8-7-12(17)9-14(13)18)20-15(16(19)21)11-5-3-2-4-6-11/h2-10,15,20H,1H3,(H2,19,21). The molecule has 3 nitrogen and oxygen atoms in total. The zero-order valence-corrected chi connectivity index (χ0v) is 13.0. The Morgan fingerprint density at radius 3 is 2.38 bits per heavy atom. The molecule has 2 aromatic rings. The van der Waals surface area contributed by atoms with Gasteiger partial charge in [0.05, 0.1) is 0 Å². The second kappa shape index (κ2) is 6.94. The number of halogens is 2. The van der Waals surface area contributed by atoms with Crippen molar-refractivity contribution in [3.63, 3.8) is 0 Å². The summed E-state index contributed by atoms with van der Waals surface area (Å²) in [5.41, 5.74) is 7.19. The van der Waals surface area contributed by atoms with Crippen LogP contribution < -0.4 is 11.1 Å². The van der Waals surface area contributed by atoms with E-state index in [0.29, 0.717) is 10.0 Å². The van der Waals surface area contributed by atoms with Crippen molar-refractivity contribution in [3.05, 3.63) is 69.7 Å². The number of carbonyl (C=O) groups excluding carboxylic acids is 1. The lowest BCUT2D eigenvalue weighted by atomic mass is 10.0. The molecule has 0 saturated carbocycles. The van der Waals surface area contributed by atoms with Crippen molar-refractivity contribution < 1.29 is 4.79 Å². The molecule has 0 fully saturated rings. The third-order valence-corrected chi connectivity index (χ3v) is 3.83. The lowest BCUT2D eigenvalue weighted by molar-refractivity contribution is -0.120. The van der Waals surface area contributed by atoms with Gasteiger partial charge in [-0.2, -0.15) is 0 Å². The van der Waals surface area contributed by atoms with Crippen LogP contribution in [0.1, 0.15) is 30.1 Å². The fourth-order valence-electron chi connectivity index (χ4n) is 2.18. The van der Waals surface area contributed by atoms with Crippen LogP contribution >= 0.6 is 23.2 Å². The Hall–Kier alpha value is -1.55. The Morgan fingerprint density at radius 1 is 1.14 bits per heavy atom. The molecule has 1 amide bonds. The van der Waals surface area contributed by atoms with E-state index < -0.39 is 11.9 Å². The van der Waals surface area contributed by atoms with E-state index in [1.54, 1.807) is 12.1 Å². The molecule has 0 aliphatic carbocycles. The Kier molecular flexibility index (Phi) is 5.23. The van der Waals surface area contributed by atoms with Crippen molar-refractivity contribution in [2.45, 2.75) is 19.0 Å². The van der Waals surface area contributed by atoms with Gasteiger partial charge in [-0.15, -0.1) is 0 Å². The Labute approximate surface area is 134 Å². The highest BCUT2D eigenvalue weighted by molar-refractivity contribution is 6.35. The fraction of sp³-hybridized carbons (Fsp3) is 0.188. The molecule has 2 rings (SSSR count). The summed E-state index contributed by atoms with van der Waals surface area (Å²) in [6, 6.07) is 13.9. The Balaban J connectivity index is 2.23. The molecule has 2 unspecified atom stereocenters. The molecule has 21 heavy (non-hydrogen) atoms. The van der Waals surface area contributed by atoms with Crippen LogP contribution in [-0.4, -0.2) is 5.91 Å². The van der Waals surface area contributed by atoms with Crippen LogP contribution in [0.2, 0.25) is 10.0 Å². The molecule has 0 heterocycles. The SMILES string of the molecule is CC(NC(C(N)=O)c1ccccc1)c1ccc(Cl)cc1Cl. The minimum atomic E-state index is -0.576. The van der Waals surface area contributed by atoms with E-state index in [9.17, 15) is 4.79 Å². The minimum absolute atomic E-state index is 0.146. The summed E-state index contributed by atoms with van der Waals surface area (Å²) < 4.78 is 0. The highest BCUT2D eigenvalue weighted by Gasteiger charge is 2.21. The van der Waals surface area contributed by atoms with Gasteiger partial charge in [0.25, 0.3) is 0 Å². The summed E-state index contributed by atoms with van der Waals surface area (Å²) >= 11 is 12.1. The summed E-state index contributed by atoms with van der Waals surface area (Å²) in [5, 5.41) is 4.34. The highest BCUT2D eigenvalue weighted by atomic mass is 35.5. The van der Waals surface area contributed by atoms with Crippen molar-refractivity contribution >= 4 is 29.1 Å². The van der Waals surface area contributed by atoms with Crippen LogP contribution in [0.5, 0.6) is 0 Å². The van der Waals surface area contributed by atoms with E-state index in [1.165, 1.54) is 0 Å². The number of hydrogen-bond acceptors (Lipinski definition) is 2. The molecule has 0 aromatic heterocycles. The molecule has 0 radical (unpaired) electrons. The van der Waals surface area contributed by atoms with Crippen molar-refractivity contribution in [2.75, 3.05) is 0 Å². The van der Waals surface area contributed by atoms with Crippen molar-refractivity contribution in [2.24, 2.45) is 5.73 Å². The second-order valence-corrected chi connectivity index (χ2v) is 5.64. The first-order chi connectivity index (χ1) is 9.99. The average Bonchev–Trinajstić information content (AvgIpc) is 2.45. The van der Waals surface area contributed by atoms with E-state index in [-0.39, 0.29) is 6.04 Å². The fourth-order valence-corrected chi connectivity index (χ4v) is 2.75. The smallest absolute Gasteiger partial charge is 0.239 e. The molecule has 0 aliphatic heterocycles. The molecular formula is C16H16Cl2N2O. The van der Waals surface area contributed by atoms with Crippen LogP contribution in [0.4, 0.5) is 0 Å². The third kappa shape index (κ3) is 3.97. The van der Waals surface area contributed by atoms with Gasteiger partial charge in [0.2, 0.25) is 5.91 Å². The van der Waals surface area contributed by atoms with Crippen LogP contribution in [0.15, 0.2) is 48.5 Å². The van der Waals surface area contributed by atoms with Gasteiger partial charge < -0.3 is 5.73 Å². The number of benzene rings is 2. The molecule has 5 heteroatoms. The van der Waals surface area contributed by atoms with Gasteiger partial charge in [-0.05, 0) is 30.2 Å². The van der Waals surface area contributed by atoms with E-state index in [4.69, 9.17) is 28.9 Å². The summed E-state index contributed by atoms with van der Waals surface area (Å²) in [6.07, 6.45) is 0. The topological polar surface area (TPSA) is 55.1 Å². The van der Waals surface area contributed by atoms with Gasteiger partial charge in [0.15, 0.2) is 0 Å². The number of nitrogens with two attached hydrogens (primary N) is 1. The number of hydrogen-bond donors (Lipinski definition) is 2. The Bertz CT molecular complexity index is 631. The third-order valence-electron chi connectivity index (χ3n) is 3.26. The number of primary amides is 1. The van der Waals surface area contributed by atoms with E-state index in [2.05, 4.69) is 5.32 Å². The van der Waals surface area contributed by atoms with Crippen molar-refractivity contribution in [1.82, 2.24) is 5.32 Å². The molecule has 2 aromatic carbocycles. The van der Waals surface area contributed by atoms with Gasteiger partial charge in [-0.3, -0.25) is 10.1 Å². The first-order valence-electron chi connectivity index (χ1n) is 6.54. The maximum atomic E-state index is 11.7. The zero-order valence-electron chi connectivity index (χ0n) is 11.5. The average molecular weight is 323 g/mol. The molecule has 0 bridgehead atoms. The molecular weight excluding hydrogens is 307 g/mol. The van der Waals surface area contributed by atoms with E-state index in [0.717, 1.165) is 11.1 Å². The summed E-state index contributed by atoms with van der Waals surface area (Å²) in [5.74, 6) is -0.432. The Morgan fingerprint density at radius 2 is 1.81 bits per heavy atom. The lowest BCUT2D eigenvalue weighted by Gasteiger charge is -2.22. The van der Waals surface area contributed by atoms with Gasteiger partial charge in [0.1, 0.15) is 6.04 Å². The summed E-state index contributed by atoms with van der Waals surface area (Å²) in [6.45, 7) is 1.92. The van der Waals surface area contributed by atoms with Gasteiger partial charge >= 0.3 is 0 Å². The second-order valence-electron chi connectivity index (χ2n) is 4.80. The van der Waals surface area contributed by atoms with Crippen molar-refractivity contribution in [3.8, 4) is 0 Å². The molecule has 110 valence electrons. The van der Waals surface area contributed by atoms with E-state index >= 15 is 0 Å². The zero-order chi connectivity index (χ0) is 15.4. The quantitative estimate of drug-likeness (QED) is 0.877. The van der Waals surface area contributed by atoms with Crippen LogP contribution in [0, 0.1) is 0 Å². The predicted molar refractivity (Wildman–Crippen MR) is 86.4 cm³/mol. The first kappa shape index (κ1) is 15.8. The number of rotatable bonds is 5. The molecule has 0 saturated heterocycles. The van der Waals surface area contributed by atoms with E-state index in [1.807, 2.05) is 43.3 Å². The molecule has 0 spiro atoms. The van der Waals surface area contributed by atoms with Crippen LogP contribution in [-0.2, 0) is 4.79 Å². The number of amides is 1. The minimum Gasteiger partial charge on any atom is -0.368 e. The lowest BCUT2D eigenvalue weighted by Crippen LogP contribution is -2.35. The maximum absolute atomic E-state index is 11.7. The summed E-state index contributed by atoms with van der Waals surface area (Å²) in [7, 11) is 0. The summed E-state index contributed by atoms with van der Waals surface area (Å²) in [4.78, 5) is 11.7. The maximum Gasteiger partial charge on any atom is 0.239 e. The predicted octanol–water partition coefficient (Wildman–Crippen LogP) is 3.87. The van der Waals surface area contributed by atoms with Gasteiger partial charge in [-0.25, -0.2) is 0 Å². The normalized spacial score (nSPS) is 13.7. The van der Waals surface area contributed by atoms with Gasteiger partial charge in [0, 0.05) is 16.1 Å². The molecule has 0 aliphatic rings. The van der Waals surface area contributed by atoms with Gasteiger partial charge in [-0.1, -0.05) is 59.6 Å². The largest absolute Gasteiger partial charge is 0.368 e. The number of carbonyl (C=O) groups is 1.